The maximum atomic E-state index is 13.3. The smallest absolute Gasteiger partial charge is 0.265 e. The molecule has 1 aliphatic heterocycles. The molecule has 180 valence electrons. The van der Waals surface area contributed by atoms with E-state index in [0.29, 0.717) is 26.9 Å². The molecule has 3 amide bonds. The molecule has 0 spiro atoms. The first kappa shape index (κ1) is 23.7. The van der Waals surface area contributed by atoms with Crippen LogP contribution in [-0.4, -0.2) is 54.7 Å². The van der Waals surface area contributed by atoms with E-state index in [-0.39, 0.29) is 35.2 Å². The lowest BCUT2D eigenvalue weighted by Gasteiger charge is -2.21. The summed E-state index contributed by atoms with van der Waals surface area (Å²) in [6, 6.07) is 16.7. The summed E-state index contributed by atoms with van der Waals surface area (Å²) in [7, 11) is 4.19. The number of likely N-dealkylation sites (N-methyl/N-ethyl adjacent to an activating group) is 1. The second kappa shape index (κ2) is 9.22. The standard InChI is InChI=1S/C27H26ClN3O3S/c1-30(2)16-27(12-13-27)18-6-3-5-17(15-18)11-14-31-25(33)19-7-4-8-20(23(19)26(31)34)29-24(32)21-9-10-22(28)35-21/h3-10,15H,11-14,16H2,1-2H3,(H,29,32). The van der Waals surface area contributed by atoms with Crippen LogP contribution in [0.5, 0.6) is 0 Å². The van der Waals surface area contributed by atoms with Crippen molar-refractivity contribution in [2.45, 2.75) is 24.7 Å². The Hall–Kier alpha value is -3.00. The molecule has 2 aliphatic rings. The van der Waals surface area contributed by atoms with E-state index in [4.69, 9.17) is 11.6 Å². The number of amides is 3. The Morgan fingerprint density at radius 2 is 1.86 bits per heavy atom. The predicted molar refractivity (Wildman–Crippen MR) is 139 cm³/mol. The van der Waals surface area contributed by atoms with E-state index in [9.17, 15) is 14.4 Å². The highest BCUT2D eigenvalue weighted by molar-refractivity contribution is 7.18. The van der Waals surface area contributed by atoms with Crippen molar-refractivity contribution in [3.8, 4) is 0 Å². The van der Waals surface area contributed by atoms with E-state index in [1.807, 2.05) is 6.07 Å². The minimum atomic E-state index is -0.382. The van der Waals surface area contributed by atoms with Crippen LogP contribution in [0.15, 0.2) is 54.6 Å². The predicted octanol–water partition coefficient (Wildman–Crippen LogP) is 5.09. The molecule has 2 heterocycles. The normalized spacial score (nSPS) is 16.1. The molecule has 6 nitrogen and oxygen atoms in total. The van der Waals surface area contributed by atoms with Crippen LogP contribution in [0.1, 0.15) is 54.4 Å². The maximum absolute atomic E-state index is 13.3. The third-order valence-corrected chi connectivity index (χ3v) is 7.91. The van der Waals surface area contributed by atoms with Gasteiger partial charge < -0.3 is 10.2 Å². The van der Waals surface area contributed by atoms with Gasteiger partial charge in [0.25, 0.3) is 17.7 Å². The van der Waals surface area contributed by atoms with Gasteiger partial charge in [0.05, 0.1) is 26.0 Å². The maximum Gasteiger partial charge on any atom is 0.265 e. The van der Waals surface area contributed by atoms with E-state index < -0.39 is 0 Å². The number of hydrogen-bond acceptors (Lipinski definition) is 5. The van der Waals surface area contributed by atoms with E-state index >= 15 is 0 Å². The first-order valence-corrected chi connectivity index (χ1v) is 12.8. The largest absolute Gasteiger partial charge is 0.321 e. The summed E-state index contributed by atoms with van der Waals surface area (Å²) < 4.78 is 0.504. The molecule has 0 radical (unpaired) electrons. The summed E-state index contributed by atoms with van der Waals surface area (Å²) in [6.45, 7) is 1.30. The van der Waals surface area contributed by atoms with Gasteiger partial charge in [-0.1, -0.05) is 41.9 Å². The zero-order chi connectivity index (χ0) is 24.7. The number of thiophene rings is 1. The molecule has 1 aliphatic carbocycles. The number of fused-ring (bicyclic) bond motifs is 1. The number of benzene rings is 2. The van der Waals surface area contributed by atoms with Crippen LogP contribution < -0.4 is 5.32 Å². The highest BCUT2D eigenvalue weighted by Crippen LogP contribution is 2.48. The Morgan fingerprint density at radius 3 is 2.54 bits per heavy atom. The van der Waals surface area contributed by atoms with Gasteiger partial charge in [0, 0.05) is 18.5 Å². The number of hydrogen-bond donors (Lipinski definition) is 1. The first-order chi connectivity index (χ1) is 16.8. The Balaban J connectivity index is 1.31. The highest BCUT2D eigenvalue weighted by atomic mass is 35.5. The fourth-order valence-corrected chi connectivity index (χ4v) is 5.79. The van der Waals surface area contributed by atoms with Gasteiger partial charge in [-0.25, -0.2) is 0 Å². The summed E-state index contributed by atoms with van der Waals surface area (Å²) in [4.78, 5) is 42.9. The van der Waals surface area contributed by atoms with E-state index in [1.165, 1.54) is 23.3 Å². The number of imide groups is 1. The second-order valence-electron chi connectivity index (χ2n) is 9.52. The van der Waals surface area contributed by atoms with E-state index in [2.05, 4.69) is 42.5 Å². The van der Waals surface area contributed by atoms with Gasteiger partial charge in [0.2, 0.25) is 0 Å². The molecule has 0 saturated heterocycles. The van der Waals surface area contributed by atoms with Gasteiger partial charge in [0.15, 0.2) is 0 Å². The van der Waals surface area contributed by atoms with Crippen LogP contribution in [0.25, 0.3) is 0 Å². The average molecular weight is 508 g/mol. The molecule has 35 heavy (non-hydrogen) atoms. The van der Waals surface area contributed by atoms with Gasteiger partial charge >= 0.3 is 0 Å². The molecule has 2 aromatic carbocycles. The van der Waals surface area contributed by atoms with Crippen molar-refractivity contribution in [3.63, 3.8) is 0 Å². The van der Waals surface area contributed by atoms with Crippen LogP contribution in [-0.2, 0) is 11.8 Å². The molecule has 0 bridgehead atoms. The SMILES string of the molecule is CN(C)CC1(c2cccc(CCN3C(=O)c4cccc(NC(=O)c5ccc(Cl)s5)c4C3=O)c2)CC1. The number of nitrogens with zero attached hydrogens (tertiary/aromatic N) is 2. The number of halogens is 1. The molecule has 8 heteroatoms. The van der Waals surface area contributed by atoms with Gasteiger partial charge in [-0.05, 0) is 68.8 Å². The number of carbonyl (C=O) groups excluding carboxylic acids is 3. The van der Waals surface area contributed by atoms with Crippen molar-refractivity contribution >= 4 is 46.3 Å². The van der Waals surface area contributed by atoms with Crippen molar-refractivity contribution in [1.82, 2.24) is 9.80 Å². The lowest BCUT2D eigenvalue weighted by atomic mass is 9.93. The number of anilines is 1. The van der Waals surface area contributed by atoms with Gasteiger partial charge in [0.1, 0.15) is 0 Å². The molecular weight excluding hydrogens is 482 g/mol. The minimum Gasteiger partial charge on any atom is -0.321 e. The number of carbonyl (C=O) groups is 3. The Labute approximate surface area is 213 Å². The summed E-state index contributed by atoms with van der Waals surface area (Å²) in [6.07, 6.45) is 2.94. The van der Waals surface area contributed by atoms with Gasteiger partial charge in [-0.3, -0.25) is 19.3 Å². The third-order valence-electron chi connectivity index (χ3n) is 6.68. The van der Waals surface area contributed by atoms with Crippen molar-refractivity contribution in [2.24, 2.45) is 0 Å². The number of rotatable bonds is 8. The highest BCUT2D eigenvalue weighted by Gasteiger charge is 2.44. The van der Waals surface area contributed by atoms with E-state index in [0.717, 1.165) is 23.4 Å². The molecule has 0 unspecified atom stereocenters. The van der Waals surface area contributed by atoms with Crippen molar-refractivity contribution in [2.75, 3.05) is 32.5 Å². The molecule has 0 atom stereocenters. The second-order valence-corrected chi connectivity index (χ2v) is 11.2. The van der Waals surface area contributed by atoms with Crippen molar-refractivity contribution < 1.29 is 14.4 Å². The van der Waals surface area contributed by atoms with Gasteiger partial charge in [-0.2, -0.15) is 0 Å². The summed E-state index contributed by atoms with van der Waals surface area (Å²) in [5.41, 5.74) is 3.53. The van der Waals surface area contributed by atoms with E-state index in [1.54, 1.807) is 30.3 Å². The topological polar surface area (TPSA) is 69.7 Å². The Morgan fingerprint density at radius 1 is 1.09 bits per heavy atom. The third kappa shape index (κ3) is 4.63. The lowest BCUT2D eigenvalue weighted by Crippen LogP contribution is -2.32. The molecular formula is C27H26ClN3O3S. The quantitative estimate of drug-likeness (QED) is 0.431. The number of nitrogens with one attached hydrogen (secondary N) is 1. The fourth-order valence-electron chi connectivity index (χ4n) is 4.85. The molecule has 3 aromatic rings. The average Bonchev–Trinajstić information content (AvgIpc) is 3.39. The first-order valence-electron chi connectivity index (χ1n) is 11.6. The van der Waals surface area contributed by atoms with Crippen LogP contribution in [0, 0.1) is 0 Å². The van der Waals surface area contributed by atoms with Crippen LogP contribution in [0.2, 0.25) is 4.34 Å². The summed E-state index contributed by atoms with van der Waals surface area (Å²) in [5, 5.41) is 2.77. The Kier molecular flexibility index (Phi) is 6.25. The molecule has 1 aromatic heterocycles. The molecule has 1 saturated carbocycles. The van der Waals surface area contributed by atoms with Crippen LogP contribution in [0.3, 0.4) is 0 Å². The monoisotopic (exact) mass is 507 g/mol. The zero-order valence-corrected chi connectivity index (χ0v) is 21.2. The van der Waals surface area contributed by atoms with Crippen LogP contribution in [0.4, 0.5) is 5.69 Å². The minimum absolute atomic E-state index is 0.217. The van der Waals surface area contributed by atoms with Gasteiger partial charge in [-0.15, -0.1) is 11.3 Å². The summed E-state index contributed by atoms with van der Waals surface area (Å²) in [5.74, 6) is -1.08. The molecule has 5 rings (SSSR count). The fraction of sp³-hybridized carbons (Fsp3) is 0.296. The molecule has 1 fully saturated rings. The van der Waals surface area contributed by atoms with Crippen molar-refractivity contribution in [3.05, 3.63) is 86.1 Å². The van der Waals surface area contributed by atoms with Crippen LogP contribution >= 0.6 is 22.9 Å². The molecule has 1 N–H and O–H groups in total. The lowest BCUT2D eigenvalue weighted by molar-refractivity contribution is 0.0656. The van der Waals surface area contributed by atoms with Crippen molar-refractivity contribution in [1.29, 1.82) is 0 Å². The zero-order valence-electron chi connectivity index (χ0n) is 19.6. The Bertz CT molecular complexity index is 1330. The summed E-state index contributed by atoms with van der Waals surface area (Å²) >= 11 is 7.09.